The van der Waals surface area contributed by atoms with Crippen molar-refractivity contribution < 1.29 is 0 Å². The molecule has 2 heterocycles. The molecule has 22 heavy (non-hydrogen) atoms. The minimum atomic E-state index is -0.147. The molecule has 0 aliphatic carbocycles. The lowest BCUT2D eigenvalue weighted by Crippen LogP contribution is -2.10. The predicted molar refractivity (Wildman–Crippen MR) is 83.2 cm³/mol. The summed E-state index contributed by atoms with van der Waals surface area (Å²) in [6.45, 7) is 0.456. The Morgan fingerprint density at radius 3 is 2.82 bits per heavy atom. The summed E-state index contributed by atoms with van der Waals surface area (Å²) in [6.07, 6.45) is 2.11. The van der Waals surface area contributed by atoms with Crippen LogP contribution < -0.4 is 5.56 Å². The molecular weight excluding hydrogens is 325 g/mol. The molecule has 0 saturated carbocycles. The van der Waals surface area contributed by atoms with Crippen molar-refractivity contribution in [3.8, 4) is 0 Å². The predicted octanol–water partition coefficient (Wildman–Crippen LogP) is 2.31. The average Bonchev–Trinajstić information content (AvgIpc) is 2.92. The molecule has 1 N–H and O–H groups in total. The first-order valence-corrected chi connectivity index (χ1v) is 7.24. The lowest BCUT2D eigenvalue weighted by molar-refractivity contribution is 0.623. The molecular formula is C14H11Cl2N5O. The maximum atomic E-state index is 11.1. The van der Waals surface area contributed by atoms with Crippen molar-refractivity contribution in [2.24, 2.45) is 0 Å². The van der Waals surface area contributed by atoms with Gasteiger partial charge in [0.25, 0.3) is 0 Å². The number of tetrazole rings is 1. The Bertz CT molecular complexity index is 838. The van der Waals surface area contributed by atoms with Gasteiger partial charge in [0.15, 0.2) is 5.82 Å². The van der Waals surface area contributed by atoms with Gasteiger partial charge in [-0.2, -0.15) is 0 Å². The molecule has 2 aromatic heterocycles. The highest BCUT2D eigenvalue weighted by Gasteiger charge is 2.10. The van der Waals surface area contributed by atoms with Crippen LogP contribution in [0, 0.1) is 0 Å². The first-order valence-electron chi connectivity index (χ1n) is 6.48. The largest absolute Gasteiger partial charge is 0.329 e. The van der Waals surface area contributed by atoms with Crippen LogP contribution in [-0.4, -0.2) is 25.2 Å². The van der Waals surface area contributed by atoms with Crippen LogP contribution in [0.5, 0.6) is 0 Å². The Morgan fingerprint density at radius 2 is 2.05 bits per heavy atom. The molecule has 112 valence electrons. The van der Waals surface area contributed by atoms with Crippen LogP contribution in [0.4, 0.5) is 0 Å². The minimum Gasteiger partial charge on any atom is -0.329 e. The lowest BCUT2D eigenvalue weighted by Gasteiger charge is -2.06. The number of nitrogens with one attached hydrogen (secondary N) is 1. The number of rotatable bonds is 4. The van der Waals surface area contributed by atoms with Crippen LogP contribution in [0.1, 0.15) is 17.0 Å². The zero-order valence-corrected chi connectivity index (χ0v) is 12.8. The van der Waals surface area contributed by atoms with Crippen molar-refractivity contribution in [3.63, 3.8) is 0 Å². The van der Waals surface area contributed by atoms with Gasteiger partial charge in [-0.15, -0.1) is 5.10 Å². The smallest absolute Gasteiger partial charge is 0.247 e. The third kappa shape index (κ3) is 3.35. The number of pyridine rings is 1. The second-order valence-electron chi connectivity index (χ2n) is 4.73. The van der Waals surface area contributed by atoms with Crippen LogP contribution in [0.3, 0.4) is 0 Å². The fourth-order valence-electron chi connectivity index (χ4n) is 2.04. The van der Waals surface area contributed by atoms with Crippen molar-refractivity contribution in [1.82, 2.24) is 25.2 Å². The zero-order valence-electron chi connectivity index (χ0n) is 11.3. The standard InChI is InChI=1S/C14H11Cl2N5O/c15-11-2-3-12(16)10(5-11)6-13-18-19-20-21(13)8-9-1-4-14(22)17-7-9/h1-5,7H,6,8H2,(H,17,22). The first kappa shape index (κ1) is 14.7. The van der Waals surface area contributed by atoms with E-state index < -0.39 is 0 Å². The monoisotopic (exact) mass is 335 g/mol. The van der Waals surface area contributed by atoms with E-state index in [0.29, 0.717) is 28.8 Å². The molecule has 0 saturated heterocycles. The van der Waals surface area contributed by atoms with Gasteiger partial charge in [-0.1, -0.05) is 29.3 Å². The molecule has 0 unspecified atom stereocenters. The second kappa shape index (κ2) is 6.29. The number of halogens is 2. The highest BCUT2D eigenvalue weighted by atomic mass is 35.5. The van der Waals surface area contributed by atoms with Gasteiger partial charge in [0.1, 0.15) is 0 Å². The Kier molecular flexibility index (Phi) is 4.22. The highest BCUT2D eigenvalue weighted by molar-refractivity contribution is 6.33. The van der Waals surface area contributed by atoms with E-state index in [1.165, 1.54) is 6.07 Å². The molecule has 3 aromatic rings. The maximum Gasteiger partial charge on any atom is 0.247 e. The molecule has 0 radical (unpaired) electrons. The van der Waals surface area contributed by atoms with Gasteiger partial charge in [-0.3, -0.25) is 4.79 Å². The fraction of sp³-hybridized carbons (Fsp3) is 0.143. The first-order chi connectivity index (χ1) is 10.6. The third-order valence-electron chi connectivity index (χ3n) is 3.14. The summed E-state index contributed by atoms with van der Waals surface area (Å²) in [5.74, 6) is 0.662. The molecule has 0 aliphatic rings. The Balaban J connectivity index is 1.84. The van der Waals surface area contributed by atoms with E-state index >= 15 is 0 Å². The number of nitrogens with zero attached hydrogens (tertiary/aromatic N) is 4. The van der Waals surface area contributed by atoms with Crippen LogP contribution in [0.2, 0.25) is 10.0 Å². The minimum absolute atomic E-state index is 0.147. The molecule has 1 aromatic carbocycles. The van der Waals surface area contributed by atoms with Gasteiger partial charge in [0.2, 0.25) is 5.56 Å². The van der Waals surface area contributed by atoms with E-state index in [-0.39, 0.29) is 5.56 Å². The number of H-pyrrole nitrogens is 1. The molecule has 0 aliphatic heterocycles. The zero-order chi connectivity index (χ0) is 15.5. The van der Waals surface area contributed by atoms with Crippen LogP contribution >= 0.6 is 23.2 Å². The maximum absolute atomic E-state index is 11.1. The number of aromatic amines is 1. The quantitative estimate of drug-likeness (QED) is 0.793. The third-order valence-corrected chi connectivity index (χ3v) is 3.75. The van der Waals surface area contributed by atoms with E-state index in [1.807, 2.05) is 0 Å². The topological polar surface area (TPSA) is 76.5 Å². The highest BCUT2D eigenvalue weighted by Crippen LogP contribution is 2.22. The van der Waals surface area contributed by atoms with E-state index in [4.69, 9.17) is 23.2 Å². The molecule has 0 fully saturated rings. The summed E-state index contributed by atoms with van der Waals surface area (Å²) in [4.78, 5) is 13.7. The van der Waals surface area contributed by atoms with Crippen molar-refractivity contribution in [2.45, 2.75) is 13.0 Å². The van der Waals surface area contributed by atoms with Gasteiger partial charge in [-0.25, -0.2) is 4.68 Å². The molecule has 3 rings (SSSR count). The fourth-order valence-corrected chi connectivity index (χ4v) is 2.41. The van der Waals surface area contributed by atoms with Crippen LogP contribution in [-0.2, 0) is 13.0 Å². The summed E-state index contributed by atoms with van der Waals surface area (Å²) < 4.78 is 1.66. The summed E-state index contributed by atoms with van der Waals surface area (Å²) in [5.41, 5.74) is 1.60. The van der Waals surface area contributed by atoms with E-state index in [1.54, 1.807) is 35.1 Å². The molecule has 0 spiro atoms. The molecule has 0 bridgehead atoms. The second-order valence-corrected chi connectivity index (χ2v) is 5.57. The average molecular weight is 336 g/mol. The van der Waals surface area contributed by atoms with Gasteiger partial charge in [0.05, 0.1) is 6.54 Å². The molecule has 0 atom stereocenters. The molecule has 0 amide bonds. The summed E-state index contributed by atoms with van der Waals surface area (Å²) in [6, 6.07) is 8.47. The van der Waals surface area contributed by atoms with E-state index in [0.717, 1.165) is 11.1 Å². The number of benzene rings is 1. The van der Waals surface area contributed by atoms with E-state index in [2.05, 4.69) is 20.5 Å². The number of aromatic nitrogens is 5. The lowest BCUT2D eigenvalue weighted by atomic mass is 10.1. The SMILES string of the molecule is O=c1ccc(Cn2nnnc2Cc2cc(Cl)ccc2Cl)c[nH]1. The van der Waals surface area contributed by atoms with Crippen molar-refractivity contribution in [1.29, 1.82) is 0 Å². The summed E-state index contributed by atoms with van der Waals surface area (Å²) in [7, 11) is 0. The van der Waals surface area contributed by atoms with E-state index in [9.17, 15) is 4.79 Å². The Hall–Kier alpha value is -2.18. The van der Waals surface area contributed by atoms with Crippen molar-refractivity contribution in [2.75, 3.05) is 0 Å². The molecule has 8 heteroatoms. The Morgan fingerprint density at radius 1 is 1.18 bits per heavy atom. The van der Waals surface area contributed by atoms with Crippen LogP contribution in [0.15, 0.2) is 41.3 Å². The summed E-state index contributed by atoms with van der Waals surface area (Å²) >= 11 is 12.2. The normalized spacial score (nSPS) is 10.8. The number of hydrogen-bond donors (Lipinski definition) is 1. The summed E-state index contributed by atoms with van der Waals surface area (Å²) in [5, 5.41) is 12.9. The van der Waals surface area contributed by atoms with Crippen molar-refractivity contribution in [3.05, 3.63) is 73.9 Å². The van der Waals surface area contributed by atoms with Crippen LogP contribution in [0.25, 0.3) is 0 Å². The van der Waals surface area contributed by atoms with Gasteiger partial charge >= 0.3 is 0 Å². The van der Waals surface area contributed by atoms with Gasteiger partial charge in [-0.05, 0) is 39.8 Å². The Labute approximate surface area is 135 Å². The van der Waals surface area contributed by atoms with Crippen molar-refractivity contribution >= 4 is 23.2 Å². The number of hydrogen-bond acceptors (Lipinski definition) is 4. The van der Waals surface area contributed by atoms with Gasteiger partial charge < -0.3 is 4.98 Å². The molecule has 6 nitrogen and oxygen atoms in total. The van der Waals surface area contributed by atoms with Gasteiger partial charge in [0, 0.05) is 28.7 Å².